The van der Waals surface area contributed by atoms with E-state index < -0.39 is 0 Å². The molecule has 3 rings (SSSR count). The number of halogens is 1. The first kappa shape index (κ1) is 12.7. The summed E-state index contributed by atoms with van der Waals surface area (Å²) in [6.07, 6.45) is 5.66. The Kier molecular flexibility index (Phi) is 3.39. The maximum absolute atomic E-state index is 11.2. The van der Waals surface area contributed by atoms with Crippen LogP contribution in [0.25, 0.3) is 17.2 Å². The molecule has 0 saturated heterocycles. The summed E-state index contributed by atoms with van der Waals surface area (Å²) in [5.74, 6) is 0.430. The number of aldehydes is 1. The molecule has 98 valence electrons. The van der Waals surface area contributed by atoms with Crippen LogP contribution in [-0.4, -0.2) is 26.0 Å². The van der Waals surface area contributed by atoms with Gasteiger partial charge < -0.3 is 0 Å². The molecule has 2 heterocycles. The Balaban J connectivity index is 2.10. The third-order valence-corrected chi connectivity index (χ3v) is 3.27. The highest BCUT2D eigenvalue weighted by Crippen LogP contribution is 2.23. The molecular weight excluding hydrogens is 320 g/mol. The molecule has 0 fully saturated rings. The molecular formula is C14H9BrN4O. The number of carbonyl (C=O) groups excluding carboxylic acids is 1. The van der Waals surface area contributed by atoms with Crippen molar-refractivity contribution in [2.75, 3.05) is 0 Å². The molecule has 0 radical (unpaired) electrons. The summed E-state index contributed by atoms with van der Waals surface area (Å²) in [5.41, 5.74) is 1.98. The maximum atomic E-state index is 11.2. The molecule has 0 aliphatic heterocycles. The fraction of sp³-hybridized carbons (Fsp3) is 0. The van der Waals surface area contributed by atoms with Crippen LogP contribution < -0.4 is 0 Å². The van der Waals surface area contributed by atoms with E-state index in [1.807, 2.05) is 24.3 Å². The van der Waals surface area contributed by atoms with Crippen LogP contribution in [0.3, 0.4) is 0 Å². The van der Waals surface area contributed by atoms with Gasteiger partial charge in [0, 0.05) is 28.6 Å². The van der Waals surface area contributed by atoms with E-state index in [-0.39, 0.29) is 0 Å². The zero-order valence-corrected chi connectivity index (χ0v) is 11.9. The van der Waals surface area contributed by atoms with E-state index >= 15 is 0 Å². The first-order chi connectivity index (χ1) is 9.78. The van der Waals surface area contributed by atoms with Gasteiger partial charge in [-0.05, 0) is 18.2 Å². The highest BCUT2D eigenvalue weighted by atomic mass is 79.9. The highest BCUT2D eigenvalue weighted by Gasteiger charge is 2.12. The molecule has 1 aromatic carbocycles. The number of carbonyl (C=O) groups is 1. The van der Waals surface area contributed by atoms with Crippen molar-refractivity contribution in [2.45, 2.75) is 0 Å². The molecule has 0 saturated carbocycles. The van der Waals surface area contributed by atoms with Gasteiger partial charge in [0.15, 0.2) is 6.29 Å². The minimum atomic E-state index is 0.430. The Hall–Kier alpha value is -2.34. The van der Waals surface area contributed by atoms with Crippen molar-refractivity contribution in [3.05, 3.63) is 59.0 Å². The van der Waals surface area contributed by atoms with Crippen LogP contribution in [0, 0.1) is 0 Å². The van der Waals surface area contributed by atoms with Gasteiger partial charge in [0.2, 0.25) is 5.95 Å². The van der Waals surface area contributed by atoms with Gasteiger partial charge >= 0.3 is 0 Å². The SMILES string of the molecule is O=Cc1cn(-c2ncccn2)nc1-c1ccc(Br)cc1. The molecule has 0 aliphatic carbocycles. The number of nitrogens with zero attached hydrogens (tertiary/aromatic N) is 4. The second kappa shape index (κ2) is 5.34. The smallest absolute Gasteiger partial charge is 0.250 e. The molecule has 0 unspecified atom stereocenters. The van der Waals surface area contributed by atoms with Crippen LogP contribution in [-0.2, 0) is 0 Å². The number of rotatable bonds is 3. The van der Waals surface area contributed by atoms with Crippen LogP contribution in [0.2, 0.25) is 0 Å². The van der Waals surface area contributed by atoms with E-state index in [1.54, 1.807) is 24.7 Å². The van der Waals surface area contributed by atoms with Crippen molar-refractivity contribution < 1.29 is 4.79 Å². The lowest BCUT2D eigenvalue weighted by Gasteiger charge is -1.99. The fourth-order valence-electron chi connectivity index (χ4n) is 1.82. The van der Waals surface area contributed by atoms with Gasteiger partial charge in [-0.25, -0.2) is 14.6 Å². The van der Waals surface area contributed by atoms with E-state index in [2.05, 4.69) is 31.0 Å². The van der Waals surface area contributed by atoms with Crippen molar-refractivity contribution in [3.8, 4) is 17.2 Å². The zero-order chi connectivity index (χ0) is 13.9. The topological polar surface area (TPSA) is 60.7 Å². The number of benzene rings is 1. The van der Waals surface area contributed by atoms with E-state index in [4.69, 9.17) is 0 Å². The average Bonchev–Trinajstić information content (AvgIpc) is 2.93. The van der Waals surface area contributed by atoms with Gasteiger partial charge in [-0.3, -0.25) is 4.79 Å². The third-order valence-electron chi connectivity index (χ3n) is 2.74. The molecule has 2 aromatic heterocycles. The highest BCUT2D eigenvalue weighted by molar-refractivity contribution is 9.10. The monoisotopic (exact) mass is 328 g/mol. The Labute approximate surface area is 123 Å². The van der Waals surface area contributed by atoms with Crippen molar-refractivity contribution in [2.24, 2.45) is 0 Å². The number of hydrogen-bond donors (Lipinski definition) is 0. The quantitative estimate of drug-likeness (QED) is 0.693. The van der Waals surface area contributed by atoms with Gasteiger partial charge in [-0.1, -0.05) is 28.1 Å². The van der Waals surface area contributed by atoms with Crippen LogP contribution in [0.5, 0.6) is 0 Å². The lowest BCUT2D eigenvalue weighted by Crippen LogP contribution is -2.00. The molecule has 0 N–H and O–H groups in total. The predicted molar refractivity (Wildman–Crippen MR) is 77.7 cm³/mol. The van der Waals surface area contributed by atoms with Gasteiger partial charge in [0.25, 0.3) is 0 Å². The summed E-state index contributed by atoms with van der Waals surface area (Å²) in [7, 11) is 0. The second-order valence-electron chi connectivity index (χ2n) is 4.05. The van der Waals surface area contributed by atoms with E-state index in [1.165, 1.54) is 4.68 Å². The second-order valence-corrected chi connectivity index (χ2v) is 4.97. The molecule has 5 nitrogen and oxygen atoms in total. The zero-order valence-electron chi connectivity index (χ0n) is 10.3. The van der Waals surface area contributed by atoms with Crippen molar-refractivity contribution in [1.29, 1.82) is 0 Å². The molecule has 3 aromatic rings. The molecule has 20 heavy (non-hydrogen) atoms. The Morgan fingerprint density at radius 2 is 1.80 bits per heavy atom. The molecule has 0 atom stereocenters. The molecule has 6 heteroatoms. The summed E-state index contributed by atoms with van der Waals surface area (Å²) in [5, 5.41) is 4.40. The lowest BCUT2D eigenvalue weighted by atomic mass is 10.1. The molecule has 0 bridgehead atoms. The minimum absolute atomic E-state index is 0.430. The molecule has 0 spiro atoms. The Morgan fingerprint density at radius 1 is 1.10 bits per heavy atom. The summed E-state index contributed by atoms with van der Waals surface area (Å²) in [4.78, 5) is 19.4. The summed E-state index contributed by atoms with van der Waals surface area (Å²) >= 11 is 3.38. The largest absolute Gasteiger partial charge is 0.298 e. The Bertz CT molecular complexity index is 738. The third kappa shape index (κ3) is 2.37. The van der Waals surface area contributed by atoms with Crippen molar-refractivity contribution in [1.82, 2.24) is 19.7 Å². The summed E-state index contributed by atoms with van der Waals surface area (Å²) < 4.78 is 2.47. The first-order valence-electron chi connectivity index (χ1n) is 5.86. The number of aromatic nitrogens is 4. The van der Waals surface area contributed by atoms with E-state index in [9.17, 15) is 4.79 Å². The van der Waals surface area contributed by atoms with Gasteiger partial charge in [-0.2, -0.15) is 5.10 Å². The maximum Gasteiger partial charge on any atom is 0.250 e. The standard InChI is InChI=1S/C14H9BrN4O/c15-12-4-2-10(3-5-12)13-11(9-20)8-19(18-13)14-16-6-1-7-17-14/h1-9H. The van der Waals surface area contributed by atoms with Crippen molar-refractivity contribution >= 4 is 22.2 Å². The normalized spacial score (nSPS) is 10.4. The predicted octanol–water partition coefficient (Wildman–Crippen LogP) is 2.90. The first-order valence-corrected chi connectivity index (χ1v) is 6.65. The lowest BCUT2D eigenvalue weighted by molar-refractivity contribution is 0.112. The number of hydrogen-bond acceptors (Lipinski definition) is 4. The minimum Gasteiger partial charge on any atom is -0.298 e. The van der Waals surface area contributed by atoms with Gasteiger partial charge in [-0.15, -0.1) is 0 Å². The van der Waals surface area contributed by atoms with Crippen molar-refractivity contribution in [3.63, 3.8) is 0 Å². The molecule has 0 amide bonds. The van der Waals surface area contributed by atoms with Crippen LogP contribution in [0.15, 0.2) is 53.4 Å². The van der Waals surface area contributed by atoms with E-state index in [0.29, 0.717) is 17.2 Å². The van der Waals surface area contributed by atoms with E-state index in [0.717, 1.165) is 16.3 Å². The summed E-state index contributed by atoms with van der Waals surface area (Å²) in [6, 6.07) is 9.33. The van der Waals surface area contributed by atoms with Crippen LogP contribution >= 0.6 is 15.9 Å². The van der Waals surface area contributed by atoms with Crippen LogP contribution in [0.4, 0.5) is 0 Å². The Morgan fingerprint density at radius 3 is 2.45 bits per heavy atom. The van der Waals surface area contributed by atoms with Crippen LogP contribution in [0.1, 0.15) is 10.4 Å². The van der Waals surface area contributed by atoms with Gasteiger partial charge in [0.1, 0.15) is 5.69 Å². The molecule has 0 aliphatic rings. The fourth-order valence-corrected chi connectivity index (χ4v) is 2.08. The van der Waals surface area contributed by atoms with Gasteiger partial charge in [0.05, 0.1) is 5.56 Å². The summed E-state index contributed by atoms with van der Waals surface area (Å²) in [6.45, 7) is 0. The average molecular weight is 329 g/mol.